The standard InChI is InChI=1S/C25H30N2O2/c1-17-14-21(26)8-6-19(17)13-18(2)24-15-20-7-9-23(16-25(20)29-24)28-12-10-22-5-4-11-27(22)3/h6-9,13-16,22H,4-5,10-12,26H2,1-3H3. The maximum absolute atomic E-state index is 6.12. The van der Waals surface area contributed by atoms with E-state index in [-0.39, 0.29) is 0 Å². The molecule has 1 aromatic heterocycles. The van der Waals surface area contributed by atoms with E-state index in [0.717, 1.165) is 57.9 Å². The predicted molar refractivity (Wildman–Crippen MR) is 121 cm³/mol. The summed E-state index contributed by atoms with van der Waals surface area (Å²) in [6.45, 7) is 6.09. The third-order valence-corrected chi connectivity index (χ3v) is 5.94. The Morgan fingerprint density at radius 2 is 2.10 bits per heavy atom. The van der Waals surface area contributed by atoms with Gasteiger partial charge >= 0.3 is 0 Å². The van der Waals surface area contributed by atoms with E-state index in [2.05, 4.69) is 44.0 Å². The number of benzene rings is 2. The van der Waals surface area contributed by atoms with Gasteiger partial charge in [-0.3, -0.25) is 0 Å². The Kier molecular flexibility index (Phi) is 5.63. The third-order valence-electron chi connectivity index (χ3n) is 5.94. The minimum Gasteiger partial charge on any atom is -0.493 e. The number of aryl methyl sites for hydroxylation is 1. The van der Waals surface area contributed by atoms with Crippen molar-refractivity contribution in [1.29, 1.82) is 0 Å². The molecule has 4 nitrogen and oxygen atoms in total. The zero-order chi connectivity index (χ0) is 20.4. The minimum absolute atomic E-state index is 0.651. The van der Waals surface area contributed by atoms with Gasteiger partial charge in [0.05, 0.1) is 6.61 Å². The number of ether oxygens (including phenoxy) is 1. The molecule has 0 spiro atoms. The Bertz CT molecular complexity index is 1030. The summed E-state index contributed by atoms with van der Waals surface area (Å²) >= 11 is 0. The number of hydrogen-bond donors (Lipinski definition) is 1. The van der Waals surface area contributed by atoms with E-state index in [1.54, 1.807) is 0 Å². The Hall–Kier alpha value is -2.72. The summed E-state index contributed by atoms with van der Waals surface area (Å²) in [5, 5.41) is 1.09. The summed E-state index contributed by atoms with van der Waals surface area (Å²) in [5.74, 6) is 1.75. The smallest absolute Gasteiger partial charge is 0.138 e. The van der Waals surface area contributed by atoms with Crippen LogP contribution in [0, 0.1) is 6.92 Å². The lowest BCUT2D eigenvalue weighted by molar-refractivity contribution is 0.233. The molecule has 2 N–H and O–H groups in total. The number of nitrogen functional groups attached to an aromatic ring is 1. The first-order chi connectivity index (χ1) is 14.0. The van der Waals surface area contributed by atoms with Gasteiger partial charge in [-0.05, 0) is 99.8 Å². The largest absolute Gasteiger partial charge is 0.493 e. The van der Waals surface area contributed by atoms with E-state index in [0.29, 0.717) is 6.04 Å². The molecule has 0 radical (unpaired) electrons. The molecule has 0 bridgehead atoms. The summed E-state index contributed by atoms with van der Waals surface area (Å²) in [5.41, 5.74) is 10.9. The van der Waals surface area contributed by atoms with Crippen LogP contribution in [0.1, 0.15) is 43.1 Å². The SMILES string of the molecule is CC(=Cc1ccc(N)cc1C)c1cc2ccc(OCCC3CCCN3C)cc2o1. The number of nitrogens with two attached hydrogens (primary N) is 1. The summed E-state index contributed by atoms with van der Waals surface area (Å²) in [7, 11) is 2.20. The molecule has 1 atom stereocenters. The van der Waals surface area contributed by atoms with Gasteiger partial charge in [0.1, 0.15) is 17.1 Å². The molecule has 0 amide bonds. The topological polar surface area (TPSA) is 51.6 Å². The van der Waals surface area contributed by atoms with Gasteiger partial charge in [-0.15, -0.1) is 0 Å². The van der Waals surface area contributed by atoms with Gasteiger partial charge in [0.25, 0.3) is 0 Å². The van der Waals surface area contributed by atoms with Crippen molar-refractivity contribution >= 4 is 28.3 Å². The molecule has 2 aromatic carbocycles. The van der Waals surface area contributed by atoms with E-state index in [1.807, 2.05) is 30.3 Å². The highest BCUT2D eigenvalue weighted by atomic mass is 16.5. The number of rotatable bonds is 6. The first-order valence-electron chi connectivity index (χ1n) is 10.4. The van der Waals surface area contributed by atoms with Gasteiger partial charge in [-0.1, -0.05) is 6.07 Å². The van der Waals surface area contributed by atoms with Crippen LogP contribution in [0.25, 0.3) is 22.6 Å². The molecular formula is C25H30N2O2. The lowest BCUT2D eigenvalue weighted by Gasteiger charge is -2.19. The second kappa shape index (κ2) is 8.34. The zero-order valence-electron chi connectivity index (χ0n) is 17.6. The van der Waals surface area contributed by atoms with Crippen LogP contribution in [0.5, 0.6) is 5.75 Å². The van der Waals surface area contributed by atoms with Crippen LogP contribution in [0.2, 0.25) is 0 Å². The molecule has 1 unspecified atom stereocenters. The van der Waals surface area contributed by atoms with Crippen LogP contribution in [-0.4, -0.2) is 31.1 Å². The maximum Gasteiger partial charge on any atom is 0.138 e. The molecule has 1 fully saturated rings. The van der Waals surface area contributed by atoms with Crippen molar-refractivity contribution in [2.24, 2.45) is 0 Å². The molecule has 1 aliphatic rings. The molecule has 1 aliphatic heterocycles. The third kappa shape index (κ3) is 4.48. The monoisotopic (exact) mass is 390 g/mol. The molecule has 3 aromatic rings. The van der Waals surface area contributed by atoms with Gasteiger partial charge < -0.3 is 19.8 Å². The Balaban J connectivity index is 1.46. The number of hydrogen-bond acceptors (Lipinski definition) is 4. The number of fused-ring (bicyclic) bond motifs is 1. The zero-order valence-corrected chi connectivity index (χ0v) is 17.6. The summed E-state index contributed by atoms with van der Waals surface area (Å²) < 4.78 is 12.1. The number of nitrogens with zero attached hydrogens (tertiary/aromatic N) is 1. The quantitative estimate of drug-likeness (QED) is 0.545. The van der Waals surface area contributed by atoms with Gasteiger partial charge in [0, 0.05) is 23.2 Å². The van der Waals surface area contributed by atoms with Gasteiger partial charge in [0.15, 0.2) is 0 Å². The first-order valence-corrected chi connectivity index (χ1v) is 10.4. The van der Waals surface area contributed by atoms with Crippen LogP contribution in [0.3, 0.4) is 0 Å². The Labute approximate surface area is 172 Å². The fourth-order valence-electron chi connectivity index (χ4n) is 4.12. The highest BCUT2D eigenvalue weighted by Crippen LogP contribution is 2.29. The fraction of sp³-hybridized carbons (Fsp3) is 0.360. The molecule has 4 rings (SSSR count). The highest BCUT2D eigenvalue weighted by molar-refractivity contribution is 5.87. The highest BCUT2D eigenvalue weighted by Gasteiger charge is 2.20. The number of allylic oxidation sites excluding steroid dienone is 1. The number of likely N-dealkylation sites (tertiary alicyclic amines) is 1. The van der Waals surface area contributed by atoms with Crippen molar-refractivity contribution in [3.63, 3.8) is 0 Å². The predicted octanol–water partition coefficient (Wildman–Crippen LogP) is 5.75. The second-order valence-electron chi connectivity index (χ2n) is 8.17. The van der Waals surface area contributed by atoms with Crippen LogP contribution in [0.15, 0.2) is 46.9 Å². The van der Waals surface area contributed by atoms with E-state index < -0.39 is 0 Å². The maximum atomic E-state index is 6.12. The average molecular weight is 391 g/mol. The molecule has 1 saturated heterocycles. The van der Waals surface area contributed by atoms with Gasteiger partial charge in [-0.25, -0.2) is 0 Å². The Morgan fingerprint density at radius 1 is 1.24 bits per heavy atom. The van der Waals surface area contributed by atoms with Crippen molar-refractivity contribution in [3.8, 4) is 5.75 Å². The molecule has 29 heavy (non-hydrogen) atoms. The van der Waals surface area contributed by atoms with Gasteiger partial charge in [0.2, 0.25) is 0 Å². The molecule has 0 aliphatic carbocycles. The van der Waals surface area contributed by atoms with Crippen molar-refractivity contribution in [1.82, 2.24) is 4.90 Å². The van der Waals surface area contributed by atoms with Gasteiger partial charge in [-0.2, -0.15) is 0 Å². The molecule has 152 valence electrons. The number of furan rings is 1. The van der Waals surface area contributed by atoms with Crippen molar-refractivity contribution in [2.75, 3.05) is 25.9 Å². The first kappa shape index (κ1) is 19.6. The minimum atomic E-state index is 0.651. The van der Waals surface area contributed by atoms with Crippen LogP contribution in [-0.2, 0) is 0 Å². The second-order valence-corrected chi connectivity index (χ2v) is 8.17. The molecule has 0 saturated carbocycles. The van der Waals surface area contributed by atoms with Crippen LogP contribution in [0.4, 0.5) is 5.69 Å². The fourth-order valence-corrected chi connectivity index (χ4v) is 4.12. The van der Waals surface area contributed by atoms with E-state index >= 15 is 0 Å². The average Bonchev–Trinajstić information content (AvgIpc) is 3.30. The summed E-state index contributed by atoms with van der Waals surface area (Å²) in [6, 6.07) is 14.8. The Morgan fingerprint density at radius 3 is 2.86 bits per heavy atom. The normalized spacial score (nSPS) is 17.9. The van der Waals surface area contributed by atoms with Crippen molar-refractivity contribution in [3.05, 3.63) is 59.4 Å². The molecular weight excluding hydrogens is 360 g/mol. The lowest BCUT2D eigenvalue weighted by atomic mass is 10.0. The summed E-state index contributed by atoms with van der Waals surface area (Å²) in [6.07, 6.45) is 5.79. The van der Waals surface area contributed by atoms with Crippen molar-refractivity contribution in [2.45, 2.75) is 39.2 Å². The lowest BCUT2D eigenvalue weighted by Crippen LogP contribution is -2.26. The van der Waals surface area contributed by atoms with E-state index in [4.69, 9.17) is 14.9 Å². The number of anilines is 1. The van der Waals surface area contributed by atoms with Crippen LogP contribution < -0.4 is 10.5 Å². The molecule has 2 heterocycles. The van der Waals surface area contributed by atoms with Crippen LogP contribution >= 0.6 is 0 Å². The van der Waals surface area contributed by atoms with E-state index in [9.17, 15) is 0 Å². The van der Waals surface area contributed by atoms with E-state index in [1.165, 1.54) is 19.4 Å². The van der Waals surface area contributed by atoms with Crippen molar-refractivity contribution < 1.29 is 9.15 Å². The molecule has 4 heteroatoms. The summed E-state index contributed by atoms with van der Waals surface area (Å²) in [4.78, 5) is 2.43.